The minimum absolute atomic E-state index is 0.247. The van der Waals surface area contributed by atoms with E-state index in [-0.39, 0.29) is 5.56 Å². The second-order valence-electron chi connectivity index (χ2n) is 6.47. The lowest BCUT2D eigenvalue weighted by atomic mass is 9.90. The van der Waals surface area contributed by atoms with E-state index in [2.05, 4.69) is 35.3 Å². The number of nitrogens with one attached hydrogen (secondary N) is 1. The third-order valence-electron chi connectivity index (χ3n) is 5.27. The Hall–Kier alpha value is -2.29. The summed E-state index contributed by atoms with van der Waals surface area (Å²) in [7, 11) is 0. The molecule has 3 heterocycles. The summed E-state index contributed by atoms with van der Waals surface area (Å²) in [6, 6.07) is 10.7. The molecule has 1 aliphatic carbocycles. The summed E-state index contributed by atoms with van der Waals surface area (Å²) in [5.41, 5.74) is 7.36. The topological polar surface area (TPSA) is 37.8 Å². The fourth-order valence-electron chi connectivity index (χ4n) is 4.18. The van der Waals surface area contributed by atoms with Gasteiger partial charge in [-0.15, -0.1) is 0 Å². The van der Waals surface area contributed by atoms with Crippen LogP contribution in [0.5, 0.6) is 0 Å². The average Bonchev–Trinajstić information content (AvgIpc) is 2.94. The van der Waals surface area contributed by atoms with Gasteiger partial charge in [0, 0.05) is 23.0 Å². The summed E-state index contributed by atoms with van der Waals surface area (Å²) in [4.78, 5) is 16.4. The number of nitrogens with zero attached hydrogens (tertiary/aromatic N) is 1. The summed E-state index contributed by atoms with van der Waals surface area (Å²) < 4.78 is 1.99. The van der Waals surface area contributed by atoms with E-state index in [4.69, 9.17) is 0 Å². The van der Waals surface area contributed by atoms with Crippen LogP contribution in [0.3, 0.4) is 0 Å². The minimum Gasteiger partial charge on any atom is -0.353 e. The molecule has 0 atom stereocenters. The molecule has 3 aromatic rings. The molecule has 0 fully saturated rings. The van der Waals surface area contributed by atoms with E-state index in [1.54, 1.807) is 0 Å². The molecule has 0 bridgehead atoms. The summed E-state index contributed by atoms with van der Waals surface area (Å²) in [5, 5.41) is 1.30. The van der Waals surface area contributed by atoms with Crippen molar-refractivity contribution in [3.05, 3.63) is 57.4 Å². The zero-order valence-electron chi connectivity index (χ0n) is 12.5. The molecular formula is C19H18N2O. The van der Waals surface area contributed by atoms with Crippen LogP contribution in [0.15, 0.2) is 35.1 Å². The Morgan fingerprint density at radius 1 is 1.00 bits per heavy atom. The zero-order chi connectivity index (χ0) is 14.7. The van der Waals surface area contributed by atoms with Crippen molar-refractivity contribution in [1.82, 2.24) is 9.55 Å². The first kappa shape index (κ1) is 12.3. The molecule has 110 valence electrons. The highest BCUT2D eigenvalue weighted by molar-refractivity contribution is 5.90. The van der Waals surface area contributed by atoms with E-state index < -0.39 is 0 Å². The predicted octanol–water partition coefficient (Wildman–Crippen LogP) is 3.43. The van der Waals surface area contributed by atoms with Gasteiger partial charge in [-0.25, -0.2) is 0 Å². The molecule has 0 saturated carbocycles. The lowest BCUT2D eigenvalue weighted by molar-refractivity contribution is 0.619. The smallest absolute Gasteiger partial charge is 0.254 e. The second-order valence-corrected chi connectivity index (χ2v) is 6.47. The molecule has 0 saturated heterocycles. The van der Waals surface area contributed by atoms with Crippen LogP contribution in [-0.2, 0) is 25.8 Å². The van der Waals surface area contributed by atoms with Gasteiger partial charge in [0.05, 0.1) is 11.4 Å². The summed E-state index contributed by atoms with van der Waals surface area (Å²) >= 11 is 0. The maximum atomic E-state index is 12.8. The second kappa shape index (κ2) is 4.35. The van der Waals surface area contributed by atoms with Crippen molar-refractivity contribution in [2.45, 2.75) is 38.6 Å². The van der Waals surface area contributed by atoms with Gasteiger partial charge in [-0.1, -0.05) is 18.2 Å². The van der Waals surface area contributed by atoms with Gasteiger partial charge in [0.15, 0.2) is 0 Å². The van der Waals surface area contributed by atoms with Crippen LogP contribution in [0.2, 0.25) is 0 Å². The molecule has 1 aromatic carbocycles. The van der Waals surface area contributed by atoms with Crippen molar-refractivity contribution < 1.29 is 0 Å². The predicted molar refractivity (Wildman–Crippen MR) is 88.3 cm³/mol. The molecule has 1 N–H and O–H groups in total. The molecule has 3 nitrogen and oxygen atoms in total. The average molecular weight is 290 g/mol. The van der Waals surface area contributed by atoms with E-state index in [1.807, 2.05) is 4.57 Å². The Morgan fingerprint density at radius 3 is 2.82 bits per heavy atom. The van der Waals surface area contributed by atoms with E-state index >= 15 is 0 Å². The van der Waals surface area contributed by atoms with Gasteiger partial charge >= 0.3 is 0 Å². The largest absolute Gasteiger partial charge is 0.353 e. The lowest BCUT2D eigenvalue weighted by Gasteiger charge is -2.24. The van der Waals surface area contributed by atoms with Crippen molar-refractivity contribution >= 4 is 10.9 Å². The highest BCUT2D eigenvalue weighted by Crippen LogP contribution is 2.35. The zero-order valence-corrected chi connectivity index (χ0v) is 12.5. The number of hydrogen-bond donors (Lipinski definition) is 1. The standard InChI is InChI=1S/C19H18N2O/c22-19-13-6-2-1-5-12(13)11-17-18-15(9-10-21(17)19)14-7-3-4-8-16(14)20-18/h3-4,7-8,11,20H,1-2,5-6,9-10H2. The summed E-state index contributed by atoms with van der Waals surface area (Å²) in [6.45, 7) is 0.802. The molecule has 5 rings (SSSR count). The maximum absolute atomic E-state index is 12.8. The number of pyridine rings is 1. The number of hydrogen-bond acceptors (Lipinski definition) is 1. The highest BCUT2D eigenvalue weighted by atomic mass is 16.1. The van der Waals surface area contributed by atoms with Gasteiger partial charge < -0.3 is 9.55 Å². The van der Waals surface area contributed by atoms with Crippen LogP contribution in [0.1, 0.15) is 29.5 Å². The monoisotopic (exact) mass is 290 g/mol. The van der Waals surface area contributed by atoms with Crippen molar-refractivity contribution in [3.63, 3.8) is 0 Å². The van der Waals surface area contributed by atoms with Crippen LogP contribution in [0.4, 0.5) is 0 Å². The highest BCUT2D eigenvalue weighted by Gasteiger charge is 2.25. The van der Waals surface area contributed by atoms with E-state index in [0.29, 0.717) is 0 Å². The first-order valence-electron chi connectivity index (χ1n) is 8.18. The Bertz CT molecular complexity index is 961. The van der Waals surface area contributed by atoms with Gasteiger partial charge in [-0.05, 0) is 55.4 Å². The van der Waals surface area contributed by atoms with E-state index in [9.17, 15) is 4.79 Å². The van der Waals surface area contributed by atoms with E-state index in [0.717, 1.165) is 49.2 Å². The number of benzene rings is 1. The quantitative estimate of drug-likeness (QED) is 0.676. The van der Waals surface area contributed by atoms with Crippen molar-refractivity contribution in [2.24, 2.45) is 0 Å². The SMILES string of the molecule is O=c1c2c(cc3n1CCc1c-3[nH]c3ccccc13)CCCC2. The first-order valence-corrected chi connectivity index (χ1v) is 8.18. The molecule has 2 aromatic heterocycles. The van der Waals surface area contributed by atoms with Gasteiger partial charge in [-0.2, -0.15) is 0 Å². The van der Waals surface area contributed by atoms with Crippen LogP contribution in [0, 0.1) is 0 Å². The number of aromatic amines is 1. The Kier molecular flexibility index (Phi) is 2.43. The molecule has 1 aliphatic heterocycles. The number of fused-ring (bicyclic) bond motifs is 6. The number of rotatable bonds is 0. The molecule has 0 amide bonds. The summed E-state index contributed by atoms with van der Waals surface area (Å²) in [5.74, 6) is 0. The Morgan fingerprint density at radius 2 is 1.86 bits per heavy atom. The van der Waals surface area contributed by atoms with Crippen molar-refractivity contribution in [1.29, 1.82) is 0 Å². The van der Waals surface area contributed by atoms with Gasteiger partial charge in [0.25, 0.3) is 5.56 Å². The molecule has 0 unspecified atom stereocenters. The van der Waals surface area contributed by atoms with Crippen LogP contribution in [0.25, 0.3) is 22.3 Å². The normalized spacial score (nSPS) is 16.2. The molecule has 0 spiro atoms. The molecule has 2 aliphatic rings. The van der Waals surface area contributed by atoms with E-state index in [1.165, 1.54) is 28.5 Å². The number of aromatic nitrogens is 2. The summed E-state index contributed by atoms with van der Waals surface area (Å²) in [6.07, 6.45) is 5.29. The van der Waals surface area contributed by atoms with Crippen LogP contribution >= 0.6 is 0 Å². The maximum Gasteiger partial charge on any atom is 0.254 e. The number of para-hydroxylation sites is 1. The third-order valence-corrected chi connectivity index (χ3v) is 5.27. The Balaban J connectivity index is 1.84. The van der Waals surface area contributed by atoms with Crippen LogP contribution < -0.4 is 5.56 Å². The van der Waals surface area contributed by atoms with Gasteiger partial charge in [-0.3, -0.25) is 4.79 Å². The number of aryl methyl sites for hydroxylation is 2. The Labute approximate surface area is 128 Å². The van der Waals surface area contributed by atoms with Gasteiger partial charge in [0.2, 0.25) is 0 Å². The first-order chi connectivity index (χ1) is 10.8. The van der Waals surface area contributed by atoms with Crippen molar-refractivity contribution in [2.75, 3.05) is 0 Å². The molecule has 3 heteroatoms. The third kappa shape index (κ3) is 1.54. The lowest BCUT2D eigenvalue weighted by Crippen LogP contribution is -2.31. The molecule has 22 heavy (non-hydrogen) atoms. The number of H-pyrrole nitrogens is 1. The minimum atomic E-state index is 0.247. The molecule has 0 radical (unpaired) electrons. The van der Waals surface area contributed by atoms with Crippen molar-refractivity contribution in [3.8, 4) is 11.4 Å². The van der Waals surface area contributed by atoms with Crippen LogP contribution in [-0.4, -0.2) is 9.55 Å². The fourth-order valence-corrected chi connectivity index (χ4v) is 4.18. The molecular weight excluding hydrogens is 272 g/mol. The fraction of sp³-hybridized carbons (Fsp3) is 0.316. The van der Waals surface area contributed by atoms with Gasteiger partial charge in [0.1, 0.15) is 0 Å².